The Balaban J connectivity index is 2.34. The molecule has 0 saturated heterocycles. The van der Waals surface area contributed by atoms with Gasteiger partial charge in [0.2, 0.25) is 0 Å². The van der Waals surface area contributed by atoms with Crippen LogP contribution in [0.3, 0.4) is 0 Å². The molecule has 1 aliphatic rings. The molecule has 0 radical (unpaired) electrons. The fourth-order valence-electron chi connectivity index (χ4n) is 2.18. The van der Waals surface area contributed by atoms with Gasteiger partial charge in [-0.1, -0.05) is 13.8 Å². The van der Waals surface area contributed by atoms with Crippen LogP contribution >= 0.6 is 0 Å². The van der Waals surface area contributed by atoms with Crippen molar-refractivity contribution in [3.05, 3.63) is 23.3 Å². The van der Waals surface area contributed by atoms with Gasteiger partial charge in [0.15, 0.2) is 0 Å². The molecule has 88 valence electrons. The van der Waals surface area contributed by atoms with E-state index in [1.807, 2.05) is 6.92 Å². The second-order valence-corrected chi connectivity index (χ2v) is 5.06. The SMILES string of the molecule is Cc1nc2nnc3c(n2n1)CC(C)(C)C=C3O. The van der Waals surface area contributed by atoms with Gasteiger partial charge in [-0.15, -0.1) is 15.3 Å². The Kier molecular flexibility index (Phi) is 1.81. The Labute approximate surface area is 98.0 Å². The molecule has 0 aromatic carbocycles. The number of hydrogen-bond donors (Lipinski definition) is 1. The first-order valence-corrected chi connectivity index (χ1v) is 5.47. The van der Waals surface area contributed by atoms with Crippen molar-refractivity contribution in [2.24, 2.45) is 5.41 Å². The predicted octanol–water partition coefficient (Wildman–Crippen LogP) is 1.31. The van der Waals surface area contributed by atoms with E-state index in [9.17, 15) is 5.11 Å². The van der Waals surface area contributed by atoms with Gasteiger partial charge in [0.1, 0.15) is 17.3 Å². The molecule has 0 amide bonds. The highest BCUT2D eigenvalue weighted by Crippen LogP contribution is 2.33. The first kappa shape index (κ1) is 10.2. The Morgan fingerprint density at radius 1 is 1.35 bits per heavy atom. The first-order valence-electron chi connectivity index (χ1n) is 5.47. The minimum atomic E-state index is -0.118. The van der Waals surface area contributed by atoms with Crippen molar-refractivity contribution in [3.8, 4) is 0 Å². The highest BCUT2D eigenvalue weighted by Gasteiger charge is 2.29. The first-order chi connectivity index (χ1) is 7.96. The van der Waals surface area contributed by atoms with Crippen LogP contribution in [0, 0.1) is 12.3 Å². The molecule has 1 N–H and O–H groups in total. The molecule has 0 aliphatic heterocycles. The number of aromatic nitrogens is 5. The Hall–Kier alpha value is -1.98. The van der Waals surface area contributed by atoms with E-state index >= 15 is 0 Å². The maximum absolute atomic E-state index is 9.96. The number of aryl methyl sites for hydroxylation is 1. The zero-order chi connectivity index (χ0) is 12.2. The van der Waals surface area contributed by atoms with Gasteiger partial charge in [0, 0.05) is 6.42 Å². The summed E-state index contributed by atoms with van der Waals surface area (Å²) in [5.74, 6) is 1.30. The summed E-state index contributed by atoms with van der Waals surface area (Å²) in [7, 11) is 0. The molecule has 2 aromatic heterocycles. The van der Waals surface area contributed by atoms with Crippen LogP contribution < -0.4 is 0 Å². The van der Waals surface area contributed by atoms with Crippen molar-refractivity contribution >= 4 is 11.5 Å². The van der Waals surface area contributed by atoms with Gasteiger partial charge in [0.05, 0.1) is 5.69 Å². The van der Waals surface area contributed by atoms with Crippen molar-refractivity contribution in [1.29, 1.82) is 0 Å². The Morgan fingerprint density at radius 3 is 2.88 bits per heavy atom. The molecule has 6 heteroatoms. The molecule has 2 heterocycles. The summed E-state index contributed by atoms with van der Waals surface area (Å²) in [6.07, 6.45) is 2.56. The van der Waals surface area contributed by atoms with Gasteiger partial charge in [-0.05, 0) is 18.4 Å². The van der Waals surface area contributed by atoms with Crippen molar-refractivity contribution in [2.75, 3.05) is 0 Å². The molecule has 6 nitrogen and oxygen atoms in total. The summed E-state index contributed by atoms with van der Waals surface area (Å²) in [6.45, 7) is 5.93. The van der Waals surface area contributed by atoms with Crippen molar-refractivity contribution in [3.63, 3.8) is 0 Å². The van der Waals surface area contributed by atoms with Gasteiger partial charge in [-0.2, -0.15) is 9.50 Å². The smallest absolute Gasteiger partial charge is 0.272 e. The molecule has 3 rings (SSSR count). The second kappa shape index (κ2) is 3.03. The van der Waals surface area contributed by atoms with Crippen molar-refractivity contribution in [1.82, 2.24) is 24.8 Å². The normalized spacial score (nSPS) is 17.9. The van der Waals surface area contributed by atoms with Crippen LogP contribution in [0.2, 0.25) is 0 Å². The molecule has 0 bridgehead atoms. The zero-order valence-corrected chi connectivity index (χ0v) is 9.97. The molecule has 0 atom stereocenters. The highest BCUT2D eigenvalue weighted by molar-refractivity contribution is 5.61. The largest absolute Gasteiger partial charge is 0.506 e. The van der Waals surface area contributed by atoms with Crippen molar-refractivity contribution in [2.45, 2.75) is 27.2 Å². The number of hydrogen-bond acceptors (Lipinski definition) is 5. The summed E-state index contributed by atoms with van der Waals surface area (Å²) in [5.41, 5.74) is 1.25. The maximum atomic E-state index is 9.96. The van der Waals surface area contributed by atoms with Gasteiger partial charge in [0.25, 0.3) is 5.78 Å². The lowest BCUT2D eigenvalue weighted by Crippen LogP contribution is -2.23. The average molecular weight is 231 g/mol. The molecule has 0 saturated carbocycles. The highest BCUT2D eigenvalue weighted by atomic mass is 16.3. The molecule has 0 fully saturated rings. The summed E-state index contributed by atoms with van der Waals surface area (Å²) >= 11 is 0. The molecule has 0 unspecified atom stereocenters. The van der Waals surface area contributed by atoms with Crippen LogP contribution in [0.15, 0.2) is 6.08 Å². The van der Waals surface area contributed by atoms with Crippen LogP contribution in [0.25, 0.3) is 11.5 Å². The molecular weight excluding hydrogens is 218 g/mol. The molecule has 2 aromatic rings. The number of aliphatic hydroxyl groups excluding tert-OH is 1. The third kappa shape index (κ3) is 1.48. The van der Waals surface area contributed by atoms with Gasteiger partial charge < -0.3 is 5.11 Å². The van der Waals surface area contributed by atoms with E-state index in [-0.39, 0.29) is 11.2 Å². The van der Waals surface area contributed by atoms with E-state index in [0.29, 0.717) is 17.3 Å². The average Bonchev–Trinajstić information content (AvgIpc) is 2.57. The Morgan fingerprint density at radius 2 is 2.12 bits per heavy atom. The van der Waals surface area contributed by atoms with E-state index in [2.05, 4.69) is 34.1 Å². The van der Waals surface area contributed by atoms with Crippen LogP contribution in [-0.4, -0.2) is 29.9 Å². The van der Waals surface area contributed by atoms with Crippen molar-refractivity contribution < 1.29 is 5.11 Å². The van der Waals surface area contributed by atoms with E-state index in [4.69, 9.17) is 0 Å². The fourth-order valence-corrected chi connectivity index (χ4v) is 2.18. The lowest BCUT2D eigenvalue weighted by molar-refractivity contribution is 0.417. The third-order valence-electron chi connectivity index (χ3n) is 2.86. The number of allylic oxidation sites excluding steroid dienone is 1. The van der Waals surface area contributed by atoms with Crippen LogP contribution in [0.1, 0.15) is 31.1 Å². The minimum absolute atomic E-state index is 0.118. The number of aliphatic hydroxyl groups is 1. The fraction of sp³-hybridized carbons (Fsp3) is 0.455. The third-order valence-corrected chi connectivity index (χ3v) is 2.86. The predicted molar refractivity (Wildman–Crippen MR) is 61.4 cm³/mol. The lowest BCUT2D eigenvalue weighted by Gasteiger charge is -2.26. The molecule has 17 heavy (non-hydrogen) atoms. The summed E-state index contributed by atoms with van der Waals surface area (Å²) in [6, 6.07) is 0. The minimum Gasteiger partial charge on any atom is -0.506 e. The van der Waals surface area contributed by atoms with E-state index < -0.39 is 0 Å². The molecule has 0 spiro atoms. The Bertz CT molecular complexity index is 641. The zero-order valence-electron chi connectivity index (χ0n) is 9.97. The van der Waals surface area contributed by atoms with Gasteiger partial charge >= 0.3 is 0 Å². The second-order valence-electron chi connectivity index (χ2n) is 5.06. The quantitative estimate of drug-likeness (QED) is 0.739. The molecular formula is C11H13N5O. The lowest BCUT2D eigenvalue weighted by atomic mass is 9.82. The summed E-state index contributed by atoms with van der Waals surface area (Å²) in [5, 5.41) is 22.2. The van der Waals surface area contributed by atoms with E-state index in [1.54, 1.807) is 10.6 Å². The summed E-state index contributed by atoms with van der Waals surface area (Å²) in [4.78, 5) is 4.17. The summed E-state index contributed by atoms with van der Waals surface area (Å²) < 4.78 is 1.67. The number of rotatable bonds is 0. The number of fused-ring (bicyclic) bond motifs is 3. The van der Waals surface area contributed by atoms with E-state index in [0.717, 1.165) is 12.1 Å². The van der Waals surface area contributed by atoms with Crippen LogP contribution in [0.4, 0.5) is 0 Å². The van der Waals surface area contributed by atoms with Gasteiger partial charge in [-0.25, -0.2) is 0 Å². The monoisotopic (exact) mass is 231 g/mol. The van der Waals surface area contributed by atoms with Gasteiger partial charge in [-0.3, -0.25) is 0 Å². The topological polar surface area (TPSA) is 76.2 Å². The number of nitrogens with zero attached hydrogens (tertiary/aromatic N) is 5. The maximum Gasteiger partial charge on any atom is 0.272 e. The van der Waals surface area contributed by atoms with Crippen LogP contribution in [-0.2, 0) is 6.42 Å². The van der Waals surface area contributed by atoms with E-state index in [1.165, 1.54) is 0 Å². The molecule has 1 aliphatic carbocycles. The van der Waals surface area contributed by atoms with Crippen LogP contribution in [0.5, 0.6) is 0 Å². The standard InChI is InChI=1S/C11H13N5O/c1-6-12-10-14-13-9-7(16(10)15-6)4-11(2,3)5-8(9)17/h5,17H,4H2,1-3H3.